The van der Waals surface area contributed by atoms with E-state index in [4.69, 9.17) is 35.4 Å². The number of thiocarbonyl (C=S) groups is 1. The molecule has 1 heterocycles. The minimum Gasteiger partial charge on any atom is -0.299 e. The lowest BCUT2D eigenvalue weighted by Crippen LogP contribution is -2.34. The van der Waals surface area contributed by atoms with Crippen LogP contribution < -0.4 is 10.6 Å². The molecular weight excluding hydrogens is 347 g/mol. The van der Waals surface area contributed by atoms with Gasteiger partial charge in [-0.25, -0.2) is 0 Å². The molecule has 0 saturated heterocycles. The summed E-state index contributed by atoms with van der Waals surface area (Å²) in [6.07, 6.45) is 0.881. The molecule has 0 bridgehead atoms. The number of aryl methyl sites for hydroxylation is 1. The normalized spacial score (nSPS) is 10.3. The van der Waals surface area contributed by atoms with Crippen molar-refractivity contribution >= 4 is 52.4 Å². The molecule has 0 aliphatic carbocycles. The fourth-order valence-corrected chi connectivity index (χ4v) is 2.24. The molecule has 2 aromatic rings. The number of hydrogen-bond acceptors (Lipinski definition) is 5. The molecule has 1 amide bonds. The van der Waals surface area contributed by atoms with Gasteiger partial charge in [-0.1, -0.05) is 35.2 Å². The van der Waals surface area contributed by atoms with Crippen LogP contribution >= 0.6 is 35.4 Å². The van der Waals surface area contributed by atoms with E-state index in [2.05, 4.69) is 26.0 Å². The van der Waals surface area contributed by atoms with Gasteiger partial charge in [-0.3, -0.25) is 15.4 Å². The fourth-order valence-electron chi connectivity index (χ4n) is 1.56. The van der Waals surface area contributed by atoms with Crippen LogP contribution in [-0.4, -0.2) is 31.2 Å². The summed E-state index contributed by atoms with van der Waals surface area (Å²) >= 11 is 16.8. The van der Waals surface area contributed by atoms with Crippen molar-refractivity contribution in [3.8, 4) is 0 Å². The molecule has 0 aliphatic heterocycles. The van der Waals surface area contributed by atoms with Gasteiger partial charge in [0, 0.05) is 5.02 Å². The number of amides is 1. The zero-order valence-electron chi connectivity index (χ0n) is 11.5. The number of nitrogens with one attached hydrogen (secondary N) is 2. The molecule has 2 N–H and O–H groups in total. The van der Waals surface area contributed by atoms with Crippen LogP contribution in [0.1, 0.15) is 23.7 Å². The zero-order chi connectivity index (χ0) is 16.1. The maximum Gasteiger partial charge on any atom is 0.269 e. The summed E-state index contributed by atoms with van der Waals surface area (Å²) < 4.78 is 0. The van der Waals surface area contributed by atoms with Crippen molar-refractivity contribution < 1.29 is 4.79 Å². The summed E-state index contributed by atoms with van der Waals surface area (Å²) in [6, 6.07) is 4.56. The Morgan fingerprint density at radius 1 is 1.41 bits per heavy atom. The Morgan fingerprint density at radius 2 is 2.18 bits per heavy atom. The highest BCUT2D eigenvalue weighted by Crippen LogP contribution is 2.20. The van der Waals surface area contributed by atoms with Gasteiger partial charge in [0.2, 0.25) is 0 Å². The molecule has 0 spiro atoms. The zero-order valence-corrected chi connectivity index (χ0v) is 13.8. The Hall–Kier alpha value is -1.77. The predicted octanol–water partition coefficient (Wildman–Crippen LogP) is 2.52. The molecule has 22 heavy (non-hydrogen) atoms. The van der Waals surface area contributed by atoms with Gasteiger partial charge in [-0.2, -0.15) is 4.80 Å². The number of carbonyl (C=O) groups excluding carboxylic acids is 1. The molecule has 116 valence electrons. The van der Waals surface area contributed by atoms with Gasteiger partial charge in [0.15, 0.2) is 5.11 Å². The second-order valence-corrected chi connectivity index (χ2v) is 5.49. The number of anilines is 1. The van der Waals surface area contributed by atoms with Gasteiger partial charge in [-0.15, -0.1) is 5.10 Å². The van der Waals surface area contributed by atoms with Crippen molar-refractivity contribution in [3.05, 3.63) is 33.8 Å². The Balaban J connectivity index is 1.97. The van der Waals surface area contributed by atoms with Crippen LogP contribution in [0.15, 0.2) is 18.2 Å². The van der Waals surface area contributed by atoms with Gasteiger partial charge in [-0.05, 0) is 42.1 Å². The number of carbonyl (C=O) groups is 1. The monoisotopic (exact) mass is 358 g/mol. The van der Waals surface area contributed by atoms with Crippen molar-refractivity contribution in [2.75, 3.05) is 5.32 Å². The van der Waals surface area contributed by atoms with Crippen LogP contribution in [-0.2, 0) is 6.54 Å². The summed E-state index contributed by atoms with van der Waals surface area (Å²) in [5.74, 6) is -0.249. The minimum absolute atomic E-state index is 0.0482. The number of nitrogens with zero attached hydrogens (tertiary/aromatic N) is 4. The van der Waals surface area contributed by atoms with Crippen LogP contribution in [0.5, 0.6) is 0 Å². The average Bonchev–Trinajstić information content (AvgIpc) is 2.86. The third-order valence-electron chi connectivity index (χ3n) is 2.50. The Labute approximate surface area is 142 Å². The molecule has 1 aromatic heterocycles. The van der Waals surface area contributed by atoms with E-state index in [1.807, 2.05) is 6.92 Å². The number of aromatic nitrogens is 4. The van der Waals surface area contributed by atoms with Crippen molar-refractivity contribution in [2.45, 2.75) is 19.9 Å². The largest absolute Gasteiger partial charge is 0.299 e. The molecule has 0 saturated carbocycles. The lowest BCUT2D eigenvalue weighted by Gasteiger charge is -2.07. The number of hydrogen-bond donors (Lipinski definition) is 2. The second-order valence-electron chi connectivity index (χ2n) is 4.24. The van der Waals surface area contributed by atoms with Gasteiger partial charge in [0.1, 0.15) is 0 Å². The average molecular weight is 359 g/mol. The van der Waals surface area contributed by atoms with Crippen LogP contribution in [0, 0.1) is 0 Å². The highest BCUT2D eigenvalue weighted by Gasteiger charge is 2.13. The standard InChI is InChI=1S/C12H12Cl2N6OS/c1-2-5-20-18-11(17-19-20)16-12(22)15-10(21)8-4-3-7(13)6-9(8)14/h3-4,6H,2,5H2,1H3,(H2,15,16,18,21,22). The minimum atomic E-state index is -0.458. The van der Waals surface area contributed by atoms with E-state index in [1.54, 1.807) is 6.07 Å². The molecule has 10 heteroatoms. The molecular formula is C12H12Cl2N6OS. The van der Waals surface area contributed by atoms with E-state index in [0.717, 1.165) is 6.42 Å². The number of benzene rings is 1. The summed E-state index contributed by atoms with van der Waals surface area (Å²) in [7, 11) is 0. The van der Waals surface area contributed by atoms with Crippen molar-refractivity contribution in [3.63, 3.8) is 0 Å². The van der Waals surface area contributed by atoms with E-state index < -0.39 is 5.91 Å². The van der Waals surface area contributed by atoms with Crippen LogP contribution in [0.2, 0.25) is 10.0 Å². The van der Waals surface area contributed by atoms with Crippen molar-refractivity contribution in [1.29, 1.82) is 0 Å². The quantitative estimate of drug-likeness (QED) is 0.816. The molecule has 1 aromatic carbocycles. The van der Waals surface area contributed by atoms with E-state index in [-0.39, 0.29) is 21.6 Å². The molecule has 0 unspecified atom stereocenters. The first-order valence-electron chi connectivity index (χ1n) is 6.34. The molecule has 0 fully saturated rings. The first-order chi connectivity index (χ1) is 10.5. The predicted molar refractivity (Wildman–Crippen MR) is 88.3 cm³/mol. The lowest BCUT2D eigenvalue weighted by atomic mass is 10.2. The lowest BCUT2D eigenvalue weighted by molar-refractivity contribution is 0.0978. The Morgan fingerprint density at radius 3 is 2.86 bits per heavy atom. The Kier molecular flexibility index (Phi) is 5.64. The molecule has 0 atom stereocenters. The summed E-state index contributed by atoms with van der Waals surface area (Å²) in [5, 5.41) is 17.5. The molecule has 0 aliphatic rings. The van der Waals surface area contributed by atoms with E-state index >= 15 is 0 Å². The topological polar surface area (TPSA) is 84.7 Å². The van der Waals surface area contributed by atoms with E-state index in [0.29, 0.717) is 11.6 Å². The summed E-state index contributed by atoms with van der Waals surface area (Å²) in [5.41, 5.74) is 0.262. The van der Waals surface area contributed by atoms with Gasteiger partial charge in [0.05, 0.1) is 17.1 Å². The van der Waals surface area contributed by atoms with Crippen LogP contribution in [0.3, 0.4) is 0 Å². The number of halogens is 2. The first-order valence-corrected chi connectivity index (χ1v) is 7.51. The second kappa shape index (κ2) is 7.48. The smallest absolute Gasteiger partial charge is 0.269 e. The summed E-state index contributed by atoms with van der Waals surface area (Å²) in [4.78, 5) is 13.5. The molecule has 7 nitrogen and oxygen atoms in total. The van der Waals surface area contributed by atoms with Crippen LogP contribution in [0.25, 0.3) is 0 Å². The number of tetrazole rings is 1. The highest BCUT2D eigenvalue weighted by molar-refractivity contribution is 7.80. The summed E-state index contributed by atoms with van der Waals surface area (Å²) in [6.45, 7) is 2.64. The first kappa shape index (κ1) is 16.6. The Bertz CT molecular complexity index is 705. The van der Waals surface area contributed by atoms with Gasteiger partial charge in [0.25, 0.3) is 11.9 Å². The van der Waals surface area contributed by atoms with Crippen molar-refractivity contribution in [2.24, 2.45) is 0 Å². The maximum atomic E-state index is 12.1. The molecule has 0 radical (unpaired) electrons. The van der Waals surface area contributed by atoms with Crippen molar-refractivity contribution in [1.82, 2.24) is 25.5 Å². The maximum absolute atomic E-state index is 12.1. The van der Waals surface area contributed by atoms with Gasteiger partial charge < -0.3 is 0 Å². The van der Waals surface area contributed by atoms with Gasteiger partial charge >= 0.3 is 0 Å². The third-order valence-corrected chi connectivity index (χ3v) is 3.26. The van der Waals surface area contributed by atoms with E-state index in [9.17, 15) is 4.79 Å². The SMILES string of the molecule is CCCn1nnc(NC(=S)NC(=O)c2ccc(Cl)cc2Cl)n1. The fraction of sp³-hybridized carbons (Fsp3) is 0.250. The highest BCUT2D eigenvalue weighted by atomic mass is 35.5. The number of rotatable bonds is 4. The third kappa shape index (κ3) is 4.36. The van der Waals surface area contributed by atoms with E-state index in [1.165, 1.54) is 16.9 Å². The van der Waals surface area contributed by atoms with Crippen LogP contribution in [0.4, 0.5) is 5.95 Å². The molecule has 2 rings (SSSR count).